The highest BCUT2D eigenvalue weighted by Crippen LogP contribution is 2.71. The third-order valence-corrected chi connectivity index (χ3v) is 5.12. The van der Waals surface area contributed by atoms with Gasteiger partial charge in [-0.2, -0.15) is 0 Å². The minimum Gasteiger partial charge on any atom is -0.443 e. The molecule has 17 heavy (non-hydrogen) atoms. The maximum absolute atomic E-state index is 11.2. The van der Waals surface area contributed by atoms with Crippen LogP contribution in [0.2, 0.25) is 0 Å². The molecule has 0 unspecified atom stereocenters. The summed E-state index contributed by atoms with van der Waals surface area (Å²) in [5.41, 5.74) is 6.04. The van der Waals surface area contributed by atoms with Crippen molar-refractivity contribution in [2.45, 2.75) is 64.9 Å². The first-order valence-corrected chi connectivity index (χ1v) is 6.64. The summed E-state index contributed by atoms with van der Waals surface area (Å²) in [6, 6.07) is 0. The van der Waals surface area contributed by atoms with Gasteiger partial charge in [0.2, 0.25) is 0 Å². The van der Waals surface area contributed by atoms with Crippen LogP contribution in [-0.4, -0.2) is 11.7 Å². The fraction of sp³-hybridized carbons (Fsp3) is 0.929. The lowest BCUT2D eigenvalue weighted by Gasteiger charge is -2.68. The second kappa shape index (κ2) is 2.81. The molecule has 4 bridgehead atoms. The van der Waals surface area contributed by atoms with Gasteiger partial charge >= 0.3 is 6.09 Å². The Bertz CT molecular complexity index is 336. The van der Waals surface area contributed by atoms with E-state index in [4.69, 9.17) is 10.5 Å². The molecule has 3 nitrogen and oxygen atoms in total. The Morgan fingerprint density at radius 1 is 0.882 bits per heavy atom. The lowest BCUT2D eigenvalue weighted by atomic mass is 9.39. The molecule has 3 heteroatoms. The average molecular weight is 237 g/mol. The summed E-state index contributed by atoms with van der Waals surface area (Å²) in [5, 5.41) is 0. The molecular weight excluding hydrogens is 214 g/mol. The van der Waals surface area contributed by atoms with Crippen LogP contribution in [0.25, 0.3) is 0 Å². The molecule has 0 atom stereocenters. The lowest BCUT2D eigenvalue weighted by Crippen LogP contribution is -2.63. The zero-order valence-electron chi connectivity index (χ0n) is 11.1. The molecule has 0 radical (unpaired) electrons. The number of primary amides is 1. The van der Waals surface area contributed by atoms with E-state index >= 15 is 0 Å². The molecule has 0 spiro atoms. The zero-order chi connectivity index (χ0) is 12.5. The predicted molar refractivity (Wildman–Crippen MR) is 65.4 cm³/mol. The third kappa shape index (κ3) is 1.66. The van der Waals surface area contributed by atoms with E-state index < -0.39 is 6.09 Å². The number of nitrogens with two attached hydrogens (primary N) is 1. The molecular formula is C14H23NO2. The highest BCUT2D eigenvalue weighted by molar-refractivity contribution is 5.65. The Morgan fingerprint density at radius 2 is 1.24 bits per heavy atom. The average Bonchev–Trinajstić information content (AvgIpc) is 1.87. The number of ether oxygens (including phenoxy) is 1. The van der Waals surface area contributed by atoms with Gasteiger partial charge in [0.1, 0.15) is 5.60 Å². The number of hydrogen-bond acceptors (Lipinski definition) is 2. The van der Waals surface area contributed by atoms with Crippen molar-refractivity contribution in [2.75, 3.05) is 0 Å². The van der Waals surface area contributed by atoms with Crippen LogP contribution in [0, 0.1) is 16.2 Å². The van der Waals surface area contributed by atoms with Gasteiger partial charge in [0.15, 0.2) is 0 Å². The van der Waals surface area contributed by atoms with Crippen LogP contribution in [0.15, 0.2) is 0 Å². The van der Waals surface area contributed by atoms with E-state index in [1.165, 1.54) is 19.3 Å². The fourth-order valence-electron chi connectivity index (χ4n) is 6.50. The van der Waals surface area contributed by atoms with E-state index in [0.717, 1.165) is 19.3 Å². The van der Waals surface area contributed by atoms with Crippen molar-refractivity contribution in [3.8, 4) is 0 Å². The van der Waals surface area contributed by atoms with Crippen molar-refractivity contribution in [3.05, 3.63) is 0 Å². The Kier molecular flexibility index (Phi) is 1.88. The molecule has 0 heterocycles. The van der Waals surface area contributed by atoms with E-state index in [1.807, 2.05) is 0 Å². The van der Waals surface area contributed by atoms with Gasteiger partial charge in [0, 0.05) is 0 Å². The number of carbonyl (C=O) groups excluding carboxylic acids is 1. The SMILES string of the molecule is CC12CC3(C)CC(C)(C1)CC(OC(N)=O)(C2)C3. The molecule has 4 saturated carbocycles. The van der Waals surface area contributed by atoms with Gasteiger partial charge in [-0.1, -0.05) is 20.8 Å². The van der Waals surface area contributed by atoms with Crippen LogP contribution >= 0.6 is 0 Å². The second-order valence-electron chi connectivity index (χ2n) is 8.10. The second-order valence-corrected chi connectivity index (χ2v) is 8.10. The fourth-order valence-corrected chi connectivity index (χ4v) is 6.50. The summed E-state index contributed by atoms with van der Waals surface area (Å²) in [6.45, 7) is 7.08. The molecule has 1 amide bonds. The third-order valence-electron chi connectivity index (χ3n) is 5.12. The van der Waals surface area contributed by atoms with Gasteiger partial charge in [-0.05, 0) is 54.8 Å². The Balaban J connectivity index is 2.01. The smallest absolute Gasteiger partial charge is 0.405 e. The first-order valence-electron chi connectivity index (χ1n) is 6.64. The number of rotatable bonds is 1. The predicted octanol–water partition coefficient (Wildman–Crippen LogP) is 3.22. The molecule has 2 N–H and O–H groups in total. The highest BCUT2D eigenvalue weighted by Gasteiger charge is 2.65. The van der Waals surface area contributed by atoms with Crippen LogP contribution in [0.4, 0.5) is 4.79 Å². The van der Waals surface area contributed by atoms with E-state index in [0.29, 0.717) is 16.2 Å². The van der Waals surface area contributed by atoms with E-state index in [-0.39, 0.29) is 5.60 Å². The summed E-state index contributed by atoms with van der Waals surface area (Å²) < 4.78 is 5.58. The van der Waals surface area contributed by atoms with Gasteiger partial charge in [-0.25, -0.2) is 4.79 Å². The van der Waals surface area contributed by atoms with Crippen molar-refractivity contribution in [1.82, 2.24) is 0 Å². The van der Waals surface area contributed by atoms with E-state index in [1.54, 1.807) is 0 Å². The van der Waals surface area contributed by atoms with Crippen LogP contribution < -0.4 is 5.73 Å². The first-order chi connectivity index (χ1) is 7.66. The van der Waals surface area contributed by atoms with Crippen molar-refractivity contribution < 1.29 is 9.53 Å². The number of hydrogen-bond donors (Lipinski definition) is 1. The monoisotopic (exact) mass is 237 g/mol. The zero-order valence-corrected chi connectivity index (χ0v) is 11.1. The quantitative estimate of drug-likeness (QED) is 0.761. The van der Waals surface area contributed by atoms with Gasteiger partial charge < -0.3 is 10.5 Å². The molecule has 0 aliphatic heterocycles. The van der Waals surface area contributed by atoms with Crippen LogP contribution in [0.1, 0.15) is 59.3 Å². The van der Waals surface area contributed by atoms with Crippen LogP contribution in [-0.2, 0) is 4.74 Å². The van der Waals surface area contributed by atoms with Gasteiger partial charge in [0.05, 0.1) is 0 Å². The molecule has 4 aliphatic rings. The van der Waals surface area contributed by atoms with Crippen molar-refractivity contribution in [3.63, 3.8) is 0 Å². The molecule has 4 fully saturated rings. The van der Waals surface area contributed by atoms with E-state index in [2.05, 4.69) is 20.8 Å². The van der Waals surface area contributed by atoms with Crippen molar-refractivity contribution >= 4 is 6.09 Å². The highest BCUT2D eigenvalue weighted by atomic mass is 16.6. The molecule has 0 aromatic carbocycles. The van der Waals surface area contributed by atoms with Gasteiger partial charge in [-0.3, -0.25) is 0 Å². The minimum absolute atomic E-state index is 0.265. The van der Waals surface area contributed by atoms with Gasteiger partial charge in [0.25, 0.3) is 0 Å². The van der Waals surface area contributed by atoms with Crippen LogP contribution in [0.3, 0.4) is 0 Å². The van der Waals surface area contributed by atoms with E-state index in [9.17, 15) is 4.79 Å². The molecule has 0 saturated heterocycles. The Hall–Kier alpha value is -0.730. The molecule has 0 aromatic heterocycles. The Morgan fingerprint density at radius 3 is 1.53 bits per heavy atom. The molecule has 4 aliphatic carbocycles. The minimum atomic E-state index is -0.595. The lowest BCUT2D eigenvalue weighted by molar-refractivity contribution is -0.217. The summed E-state index contributed by atoms with van der Waals surface area (Å²) in [4.78, 5) is 11.2. The van der Waals surface area contributed by atoms with Gasteiger partial charge in [-0.15, -0.1) is 0 Å². The largest absolute Gasteiger partial charge is 0.443 e. The standard InChI is InChI=1S/C14H23NO2/c1-11-4-12(2)6-13(3,5-11)9-14(7-11,8-12)17-10(15)16/h4-9H2,1-3H3,(H2,15,16). The molecule has 0 aromatic rings. The van der Waals surface area contributed by atoms with Crippen molar-refractivity contribution in [1.29, 1.82) is 0 Å². The first kappa shape index (κ1) is 11.4. The number of amides is 1. The summed E-state index contributed by atoms with van der Waals surface area (Å²) >= 11 is 0. The maximum atomic E-state index is 11.2. The van der Waals surface area contributed by atoms with Crippen molar-refractivity contribution in [2.24, 2.45) is 22.0 Å². The number of carbonyl (C=O) groups is 1. The summed E-state index contributed by atoms with van der Waals surface area (Å²) in [7, 11) is 0. The Labute approximate surface area is 103 Å². The summed E-state index contributed by atoms with van der Waals surface area (Å²) in [6.07, 6.45) is 6.26. The topological polar surface area (TPSA) is 52.3 Å². The molecule has 96 valence electrons. The maximum Gasteiger partial charge on any atom is 0.405 e. The van der Waals surface area contributed by atoms with Crippen LogP contribution in [0.5, 0.6) is 0 Å². The summed E-state index contributed by atoms with van der Waals surface area (Å²) in [5.74, 6) is 0. The normalized spacial score (nSPS) is 55.9. The molecule has 4 rings (SSSR count).